The average molecular weight is 524 g/mol. The summed E-state index contributed by atoms with van der Waals surface area (Å²) in [4.78, 5) is 37.9. The predicted octanol–water partition coefficient (Wildman–Crippen LogP) is 3.56. The lowest BCUT2D eigenvalue weighted by Crippen LogP contribution is -2.43. The van der Waals surface area contributed by atoms with E-state index in [1.165, 1.54) is 17.3 Å². The highest BCUT2D eigenvalue weighted by Gasteiger charge is 2.20. The van der Waals surface area contributed by atoms with E-state index in [4.69, 9.17) is 4.98 Å². The Kier molecular flexibility index (Phi) is 6.98. The zero-order valence-electron chi connectivity index (χ0n) is 22.2. The van der Waals surface area contributed by atoms with Gasteiger partial charge < -0.3 is 25.4 Å². The molecule has 0 radical (unpaired) electrons. The number of amides is 1. The molecule has 3 N–H and O–H groups in total. The predicted molar refractivity (Wildman–Crippen MR) is 155 cm³/mol. The van der Waals surface area contributed by atoms with Crippen molar-refractivity contribution in [3.05, 3.63) is 81.8 Å². The highest BCUT2D eigenvalue weighted by atomic mass is 16.2. The Hall–Kier alpha value is -4.24. The van der Waals surface area contributed by atoms with Gasteiger partial charge in [0.2, 0.25) is 11.4 Å². The molecule has 1 amide bonds. The van der Waals surface area contributed by atoms with Gasteiger partial charge in [-0.3, -0.25) is 9.59 Å². The first-order valence-corrected chi connectivity index (χ1v) is 13.8. The van der Waals surface area contributed by atoms with Gasteiger partial charge in [-0.15, -0.1) is 0 Å². The molecule has 2 aromatic carbocycles. The third kappa shape index (κ3) is 5.09. The van der Waals surface area contributed by atoms with Gasteiger partial charge in [-0.25, -0.2) is 4.98 Å². The Morgan fingerprint density at radius 2 is 1.90 bits per heavy atom. The van der Waals surface area contributed by atoms with Gasteiger partial charge in [-0.05, 0) is 67.1 Å². The molecule has 0 saturated carbocycles. The first kappa shape index (κ1) is 25.1. The summed E-state index contributed by atoms with van der Waals surface area (Å²) >= 11 is 0. The Morgan fingerprint density at radius 3 is 2.74 bits per heavy atom. The average Bonchev–Trinajstić information content (AvgIpc) is 3.45. The number of pyridine rings is 1. The maximum atomic E-state index is 13.4. The summed E-state index contributed by atoms with van der Waals surface area (Å²) in [5.74, 6) is 0.00282. The molecule has 9 nitrogen and oxygen atoms in total. The van der Waals surface area contributed by atoms with E-state index in [0.29, 0.717) is 23.5 Å². The van der Waals surface area contributed by atoms with E-state index in [-0.39, 0.29) is 16.9 Å². The molecular formula is C30H33N7O2. The number of benzene rings is 2. The summed E-state index contributed by atoms with van der Waals surface area (Å²) in [6.07, 6.45) is 7.16. The summed E-state index contributed by atoms with van der Waals surface area (Å²) in [5, 5.41) is 9.85. The fourth-order valence-electron chi connectivity index (χ4n) is 5.40. The topological polar surface area (TPSA) is 104 Å². The molecule has 39 heavy (non-hydrogen) atoms. The number of piperazine rings is 1. The first-order chi connectivity index (χ1) is 19.1. The van der Waals surface area contributed by atoms with E-state index in [1.807, 2.05) is 29.7 Å². The second kappa shape index (κ2) is 10.9. The van der Waals surface area contributed by atoms with Crippen molar-refractivity contribution in [2.45, 2.75) is 32.6 Å². The van der Waals surface area contributed by atoms with E-state index < -0.39 is 0 Å². The Bertz CT molecular complexity index is 1590. The van der Waals surface area contributed by atoms with Crippen LogP contribution < -0.4 is 26.3 Å². The van der Waals surface area contributed by atoms with Gasteiger partial charge in [0.05, 0.1) is 5.39 Å². The monoisotopic (exact) mass is 523 g/mol. The van der Waals surface area contributed by atoms with Crippen LogP contribution in [0.5, 0.6) is 0 Å². The minimum Gasteiger partial charge on any atom is -0.369 e. The van der Waals surface area contributed by atoms with Crippen LogP contribution in [0.3, 0.4) is 0 Å². The summed E-state index contributed by atoms with van der Waals surface area (Å²) in [6.45, 7) is 6.31. The Morgan fingerprint density at radius 1 is 1.05 bits per heavy atom. The van der Waals surface area contributed by atoms with Crippen LogP contribution in [0.25, 0.3) is 16.7 Å². The number of anilines is 3. The fraction of sp³-hybridized carbons (Fsp3) is 0.333. The van der Waals surface area contributed by atoms with Crippen LogP contribution in [-0.4, -0.2) is 53.2 Å². The Balaban J connectivity index is 1.41. The number of carbonyl (C=O) groups excluding carboxylic acids is 1. The zero-order chi connectivity index (χ0) is 26.8. The molecule has 0 unspecified atom stereocenters. The molecule has 4 aromatic rings. The van der Waals surface area contributed by atoms with Crippen molar-refractivity contribution in [3.63, 3.8) is 0 Å². The largest absolute Gasteiger partial charge is 0.369 e. The molecule has 9 heteroatoms. The number of aryl methyl sites for hydroxylation is 2. The van der Waals surface area contributed by atoms with Crippen molar-refractivity contribution in [2.24, 2.45) is 0 Å². The molecule has 0 spiro atoms. The number of aromatic nitrogens is 3. The normalized spacial score (nSPS) is 14.8. The number of rotatable bonds is 7. The number of nitrogens with zero attached hydrogens (tertiary/aromatic N) is 4. The lowest BCUT2D eigenvalue weighted by Gasteiger charge is -2.29. The third-order valence-electron chi connectivity index (χ3n) is 7.47. The second-order valence-corrected chi connectivity index (χ2v) is 10.1. The molecular weight excluding hydrogens is 490 g/mol. The quantitative estimate of drug-likeness (QED) is 0.340. The van der Waals surface area contributed by atoms with Crippen LogP contribution in [0.15, 0.2) is 59.7 Å². The molecule has 6 rings (SSSR count). The minimum absolute atomic E-state index is 0.0875. The van der Waals surface area contributed by atoms with Crippen LogP contribution in [0.1, 0.15) is 41.3 Å². The third-order valence-corrected chi connectivity index (χ3v) is 7.47. The van der Waals surface area contributed by atoms with Crippen molar-refractivity contribution in [1.82, 2.24) is 25.2 Å². The molecule has 0 bridgehead atoms. The summed E-state index contributed by atoms with van der Waals surface area (Å²) in [6, 6.07) is 14.5. The van der Waals surface area contributed by atoms with Crippen molar-refractivity contribution in [3.8, 4) is 5.69 Å². The number of fused-ring (bicyclic) bond motifs is 2. The summed E-state index contributed by atoms with van der Waals surface area (Å²) < 4.78 is 1.85. The standard InChI is InChI=1S/C30H33N7O2/c1-2-11-32-29(39)26-19-37(24-10-9-20-5-3-6-21(20)16-24)28-25(27(26)38)18-33-30(35-28)34-22-7-4-8-23(17-22)36-14-12-31-13-15-36/h4,7-10,16-19,31H,2-3,5-6,11-15H2,1H3,(H,32,39)(H,33,34,35). The highest BCUT2D eigenvalue weighted by Crippen LogP contribution is 2.27. The van der Waals surface area contributed by atoms with Crippen LogP contribution in [0.2, 0.25) is 0 Å². The molecule has 2 aliphatic rings. The van der Waals surface area contributed by atoms with E-state index in [2.05, 4.69) is 50.1 Å². The zero-order valence-corrected chi connectivity index (χ0v) is 22.2. The van der Waals surface area contributed by atoms with Crippen LogP contribution in [-0.2, 0) is 12.8 Å². The van der Waals surface area contributed by atoms with Gasteiger partial charge in [0, 0.05) is 62.2 Å². The second-order valence-electron chi connectivity index (χ2n) is 10.1. The summed E-state index contributed by atoms with van der Waals surface area (Å²) in [7, 11) is 0. The molecule has 0 atom stereocenters. The highest BCUT2D eigenvalue weighted by molar-refractivity contribution is 5.97. The molecule has 1 saturated heterocycles. The maximum absolute atomic E-state index is 13.4. The molecule has 3 heterocycles. The smallest absolute Gasteiger partial charge is 0.256 e. The van der Waals surface area contributed by atoms with Gasteiger partial charge in [0.1, 0.15) is 5.56 Å². The fourth-order valence-corrected chi connectivity index (χ4v) is 5.40. The molecule has 200 valence electrons. The van der Waals surface area contributed by atoms with Crippen molar-refractivity contribution >= 4 is 34.3 Å². The Labute approximate surface area is 227 Å². The molecule has 1 fully saturated rings. The number of carbonyl (C=O) groups is 1. The van der Waals surface area contributed by atoms with Crippen LogP contribution in [0.4, 0.5) is 17.3 Å². The van der Waals surface area contributed by atoms with Crippen molar-refractivity contribution < 1.29 is 4.79 Å². The van der Waals surface area contributed by atoms with Crippen molar-refractivity contribution in [2.75, 3.05) is 42.9 Å². The van der Waals surface area contributed by atoms with Gasteiger partial charge in [-0.1, -0.05) is 19.1 Å². The number of hydrogen-bond acceptors (Lipinski definition) is 7. The van der Waals surface area contributed by atoms with Crippen molar-refractivity contribution in [1.29, 1.82) is 0 Å². The van der Waals surface area contributed by atoms with Crippen LogP contribution in [0, 0.1) is 0 Å². The lowest BCUT2D eigenvalue weighted by molar-refractivity contribution is 0.0952. The first-order valence-electron chi connectivity index (χ1n) is 13.8. The maximum Gasteiger partial charge on any atom is 0.256 e. The summed E-state index contributed by atoms with van der Waals surface area (Å²) in [5.41, 5.74) is 5.70. The SMILES string of the molecule is CCCNC(=O)c1cn(-c2ccc3c(c2)CCC3)c2nc(Nc3cccc(N4CCNCC4)c3)ncc2c1=O. The van der Waals surface area contributed by atoms with Gasteiger partial charge in [0.25, 0.3) is 5.91 Å². The van der Waals surface area contributed by atoms with Crippen LogP contribution >= 0.6 is 0 Å². The molecule has 1 aliphatic carbocycles. The van der Waals surface area contributed by atoms with E-state index in [9.17, 15) is 9.59 Å². The number of hydrogen-bond donors (Lipinski definition) is 3. The lowest BCUT2D eigenvalue weighted by atomic mass is 10.1. The van der Waals surface area contributed by atoms with E-state index in [1.54, 1.807) is 6.20 Å². The molecule has 1 aliphatic heterocycles. The van der Waals surface area contributed by atoms with E-state index in [0.717, 1.165) is 68.9 Å². The van der Waals surface area contributed by atoms with Gasteiger partial charge in [0.15, 0.2) is 5.65 Å². The number of nitrogens with one attached hydrogen (secondary N) is 3. The van der Waals surface area contributed by atoms with Gasteiger partial charge in [-0.2, -0.15) is 4.98 Å². The minimum atomic E-state index is -0.384. The molecule has 2 aromatic heterocycles. The van der Waals surface area contributed by atoms with Gasteiger partial charge >= 0.3 is 0 Å². The van der Waals surface area contributed by atoms with E-state index >= 15 is 0 Å².